The molecule has 0 saturated carbocycles. The van der Waals surface area contributed by atoms with Crippen LogP contribution in [0.4, 0.5) is 28.9 Å². The number of aromatic amines is 1. The Morgan fingerprint density at radius 1 is 0.972 bits per heavy atom. The van der Waals surface area contributed by atoms with Gasteiger partial charge in [0.1, 0.15) is 5.82 Å². The number of carbonyl (C=O) groups excluding carboxylic acids is 1. The molecule has 0 atom stereocenters. The molecule has 4 rings (SSSR count). The molecule has 0 bridgehead atoms. The lowest BCUT2D eigenvalue weighted by Gasteiger charge is -2.35. The molecule has 1 fully saturated rings. The molecular weight excluding hydrogens is 476 g/mol. The normalized spacial score (nSPS) is 14.2. The molecule has 1 amide bonds. The van der Waals surface area contributed by atoms with Gasteiger partial charge in [-0.15, -0.1) is 0 Å². The third-order valence-corrected chi connectivity index (χ3v) is 5.76. The van der Waals surface area contributed by atoms with E-state index in [0.29, 0.717) is 36.0 Å². The molecule has 0 spiro atoms. The second-order valence-electron chi connectivity index (χ2n) is 8.36. The van der Waals surface area contributed by atoms with Crippen LogP contribution in [-0.2, 0) is 6.18 Å². The van der Waals surface area contributed by atoms with E-state index in [-0.39, 0.29) is 11.5 Å². The quantitative estimate of drug-likeness (QED) is 0.424. The van der Waals surface area contributed by atoms with Gasteiger partial charge in [0.25, 0.3) is 5.91 Å². The van der Waals surface area contributed by atoms with Gasteiger partial charge in [0.15, 0.2) is 0 Å². The molecule has 0 aliphatic carbocycles. The molecule has 2 N–H and O–H groups in total. The van der Waals surface area contributed by atoms with Crippen molar-refractivity contribution >= 4 is 17.3 Å². The molecule has 1 saturated heterocycles. The summed E-state index contributed by atoms with van der Waals surface area (Å²) in [5.74, 6) is 4.44. The highest BCUT2D eigenvalue weighted by Gasteiger charge is 2.36. The van der Waals surface area contributed by atoms with Crippen LogP contribution in [0.1, 0.15) is 27.0 Å². The maximum Gasteiger partial charge on any atom is 0.417 e. The van der Waals surface area contributed by atoms with Gasteiger partial charge >= 0.3 is 6.18 Å². The maximum atomic E-state index is 13.5. The average molecular weight is 498 g/mol. The summed E-state index contributed by atoms with van der Waals surface area (Å²) < 4.78 is 53.6. The van der Waals surface area contributed by atoms with Crippen molar-refractivity contribution in [1.82, 2.24) is 9.88 Å². The Hall–Kier alpha value is -4.10. The van der Waals surface area contributed by atoms with E-state index < -0.39 is 28.8 Å². The molecular formula is C26H22F4N4O2. The average Bonchev–Trinajstić information content (AvgIpc) is 2.84. The summed E-state index contributed by atoms with van der Waals surface area (Å²) in [4.78, 5) is 30.8. The van der Waals surface area contributed by atoms with Crippen LogP contribution in [0.15, 0.2) is 59.5 Å². The van der Waals surface area contributed by atoms with Gasteiger partial charge in [-0.2, -0.15) is 13.2 Å². The number of carbonyl (C=O) groups is 1. The third kappa shape index (κ3) is 5.93. The fraction of sp³-hybridized carbons (Fsp3) is 0.231. The summed E-state index contributed by atoms with van der Waals surface area (Å²) in [6, 6.07) is 11.1. The smallest absolute Gasteiger partial charge is 0.367 e. The molecule has 6 nitrogen and oxygen atoms in total. The van der Waals surface area contributed by atoms with Crippen LogP contribution in [0, 0.1) is 17.7 Å². The number of anilines is 2. The van der Waals surface area contributed by atoms with E-state index in [1.165, 1.54) is 24.3 Å². The Morgan fingerprint density at radius 3 is 2.28 bits per heavy atom. The van der Waals surface area contributed by atoms with E-state index in [1.807, 2.05) is 11.9 Å². The predicted octanol–water partition coefficient (Wildman–Crippen LogP) is 3.94. The molecule has 0 radical (unpaired) electrons. The maximum absolute atomic E-state index is 13.5. The van der Waals surface area contributed by atoms with Crippen molar-refractivity contribution in [2.24, 2.45) is 0 Å². The molecule has 1 aliphatic rings. The van der Waals surface area contributed by atoms with Crippen molar-refractivity contribution in [2.45, 2.75) is 6.18 Å². The highest BCUT2D eigenvalue weighted by Crippen LogP contribution is 2.33. The van der Waals surface area contributed by atoms with Crippen molar-refractivity contribution in [3.63, 3.8) is 0 Å². The number of benzene rings is 2. The van der Waals surface area contributed by atoms with Crippen LogP contribution in [0.3, 0.4) is 0 Å². The number of rotatable bonds is 3. The number of alkyl halides is 3. The summed E-state index contributed by atoms with van der Waals surface area (Å²) in [7, 11) is 1.99. The molecule has 1 aromatic heterocycles. The number of amides is 1. The number of aromatic nitrogens is 1. The lowest BCUT2D eigenvalue weighted by molar-refractivity contribution is -0.138. The number of H-pyrrole nitrogens is 1. The number of nitrogens with zero attached hydrogens (tertiary/aromatic N) is 2. The minimum atomic E-state index is -4.89. The fourth-order valence-corrected chi connectivity index (χ4v) is 3.80. The monoisotopic (exact) mass is 498 g/mol. The summed E-state index contributed by atoms with van der Waals surface area (Å²) in [5, 5.41) is 2.58. The number of hydrogen-bond acceptors (Lipinski definition) is 4. The number of piperazine rings is 1. The summed E-state index contributed by atoms with van der Waals surface area (Å²) >= 11 is 0. The number of halogens is 4. The van der Waals surface area contributed by atoms with E-state index in [9.17, 15) is 27.2 Å². The van der Waals surface area contributed by atoms with E-state index >= 15 is 0 Å². The molecule has 186 valence electrons. The van der Waals surface area contributed by atoms with Gasteiger partial charge in [0, 0.05) is 49.6 Å². The molecule has 1 aliphatic heterocycles. The SMILES string of the molecule is CN1CCN(c2ccc(C#Cc3ccc(F)cc3)cc2NC(=O)c2c[nH]c(=O)cc2C(F)(F)F)CC1. The molecule has 2 aromatic carbocycles. The summed E-state index contributed by atoms with van der Waals surface area (Å²) in [6.45, 7) is 2.87. The van der Waals surface area contributed by atoms with Gasteiger partial charge in [-0.25, -0.2) is 4.39 Å². The van der Waals surface area contributed by atoms with Crippen LogP contribution < -0.4 is 15.8 Å². The van der Waals surface area contributed by atoms with Crippen molar-refractivity contribution in [3.05, 3.63) is 93.2 Å². The van der Waals surface area contributed by atoms with Crippen molar-refractivity contribution in [1.29, 1.82) is 0 Å². The highest BCUT2D eigenvalue weighted by molar-refractivity contribution is 6.07. The van der Waals surface area contributed by atoms with Gasteiger partial charge in [-0.1, -0.05) is 11.8 Å². The van der Waals surface area contributed by atoms with Crippen LogP contribution in [0.25, 0.3) is 0 Å². The first-order valence-corrected chi connectivity index (χ1v) is 11.1. The zero-order valence-electron chi connectivity index (χ0n) is 19.2. The largest absolute Gasteiger partial charge is 0.417 e. The first kappa shape index (κ1) is 25.0. The third-order valence-electron chi connectivity index (χ3n) is 5.76. The molecule has 10 heteroatoms. The Labute approximate surface area is 204 Å². The van der Waals surface area contributed by atoms with Gasteiger partial charge in [0.2, 0.25) is 5.56 Å². The Bertz CT molecular complexity index is 1380. The minimum absolute atomic E-state index is 0.287. The predicted molar refractivity (Wildman–Crippen MR) is 129 cm³/mol. The standard InChI is InChI=1S/C26H22F4N4O2/c1-33-10-12-34(13-11-33)23-9-6-18(3-2-17-4-7-19(27)8-5-17)14-22(23)32-25(36)20-16-31-24(35)15-21(20)26(28,29)30/h4-9,14-16H,10-13H2,1H3,(H,31,35)(H,32,36). The van der Waals surface area contributed by atoms with Crippen LogP contribution in [0.2, 0.25) is 0 Å². The Balaban J connectivity index is 1.70. The van der Waals surface area contributed by atoms with E-state index in [2.05, 4.69) is 27.0 Å². The second-order valence-corrected chi connectivity index (χ2v) is 8.36. The van der Waals surface area contributed by atoms with E-state index in [0.717, 1.165) is 19.3 Å². The first-order valence-electron chi connectivity index (χ1n) is 11.1. The minimum Gasteiger partial charge on any atom is -0.367 e. The molecule has 36 heavy (non-hydrogen) atoms. The highest BCUT2D eigenvalue weighted by atomic mass is 19.4. The fourth-order valence-electron chi connectivity index (χ4n) is 3.80. The lowest BCUT2D eigenvalue weighted by atomic mass is 10.1. The van der Waals surface area contributed by atoms with Crippen molar-refractivity contribution < 1.29 is 22.4 Å². The second kappa shape index (κ2) is 10.3. The topological polar surface area (TPSA) is 68.4 Å². The number of likely N-dealkylation sites (N-methyl/N-ethyl adjacent to an activating group) is 1. The van der Waals surface area contributed by atoms with Crippen molar-refractivity contribution in [3.8, 4) is 11.8 Å². The van der Waals surface area contributed by atoms with Crippen molar-refractivity contribution in [2.75, 3.05) is 43.4 Å². The van der Waals surface area contributed by atoms with Crippen LogP contribution >= 0.6 is 0 Å². The zero-order valence-corrected chi connectivity index (χ0v) is 19.2. The summed E-state index contributed by atoms with van der Waals surface area (Å²) in [6.07, 6.45) is -4.13. The first-order chi connectivity index (χ1) is 17.1. The van der Waals surface area contributed by atoms with Gasteiger partial charge in [-0.3, -0.25) is 9.59 Å². The van der Waals surface area contributed by atoms with E-state index in [4.69, 9.17) is 0 Å². The lowest BCUT2D eigenvalue weighted by Crippen LogP contribution is -2.44. The number of hydrogen-bond donors (Lipinski definition) is 2. The molecule has 3 aromatic rings. The number of pyridine rings is 1. The van der Waals surface area contributed by atoms with Crippen LogP contribution in [-0.4, -0.2) is 49.0 Å². The zero-order chi connectivity index (χ0) is 25.9. The van der Waals surface area contributed by atoms with Gasteiger partial charge < -0.3 is 20.1 Å². The van der Waals surface area contributed by atoms with Crippen LogP contribution in [0.5, 0.6) is 0 Å². The Morgan fingerprint density at radius 2 is 1.61 bits per heavy atom. The molecule has 2 heterocycles. The van der Waals surface area contributed by atoms with E-state index in [1.54, 1.807) is 18.2 Å². The molecule has 0 unspecified atom stereocenters. The Kier molecular flexibility index (Phi) is 7.12. The number of nitrogens with one attached hydrogen (secondary N) is 2. The summed E-state index contributed by atoms with van der Waals surface area (Å²) in [5.41, 5.74) is -0.976. The van der Waals surface area contributed by atoms with Gasteiger partial charge in [-0.05, 0) is 49.5 Å². The van der Waals surface area contributed by atoms with Gasteiger partial charge in [0.05, 0.1) is 22.5 Å².